The van der Waals surface area contributed by atoms with E-state index in [4.69, 9.17) is 0 Å². The minimum Gasteiger partial charge on any atom is -0.316 e. The molecule has 7 heteroatoms. The molecule has 0 spiro atoms. The molecule has 0 saturated carbocycles. The van der Waals surface area contributed by atoms with Gasteiger partial charge in [0.15, 0.2) is 0 Å². The van der Waals surface area contributed by atoms with E-state index in [9.17, 15) is 8.42 Å². The van der Waals surface area contributed by atoms with Gasteiger partial charge < -0.3 is 5.32 Å². The van der Waals surface area contributed by atoms with Crippen molar-refractivity contribution in [2.75, 3.05) is 20.1 Å². The molecule has 2 aromatic rings. The first kappa shape index (κ1) is 13.9. The Morgan fingerprint density at radius 1 is 1.40 bits per heavy atom. The summed E-state index contributed by atoms with van der Waals surface area (Å²) in [6, 6.07) is 7.74. The van der Waals surface area contributed by atoms with Crippen molar-refractivity contribution in [2.24, 2.45) is 0 Å². The summed E-state index contributed by atoms with van der Waals surface area (Å²) in [5, 5.41) is 3.16. The number of sulfonamides is 1. The quantitative estimate of drug-likeness (QED) is 0.936. The minimum absolute atomic E-state index is 0.204. The topological polar surface area (TPSA) is 62.3 Å². The molecule has 1 aliphatic rings. The Labute approximate surface area is 122 Å². The zero-order valence-corrected chi connectivity index (χ0v) is 12.9. The van der Waals surface area contributed by atoms with E-state index in [1.54, 1.807) is 4.31 Å². The molecule has 1 N–H and O–H groups in total. The number of hydrogen-bond donors (Lipinski definition) is 1. The number of rotatable bonds is 3. The van der Waals surface area contributed by atoms with Gasteiger partial charge in [-0.3, -0.25) is 0 Å². The van der Waals surface area contributed by atoms with E-state index < -0.39 is 10.0 Å². The monoisotopic (exact) mass is 311 g/mol. The van der Waals surface area contributed by atoms with Crippen LogP contribution in [0.4, 0.5) is 0 Å². The highest BCUT2D eigenvalue weighted by Gasteiger charge is 2.32. The van der Waals surface area contributed by atoms with E-state index in [1.165, 1.54) is 11.3 Å². The molecule has 5 nitrogen and oxygen atoms in total. The standard InChI is InChI=1S/C13H17N3O2S2/c1-14-10-5-4-8-16(9-10)20(17,18)13-15-11-6-2-3-7-12(11)19-13/h2-3,6-7,10,14H,4-5,8-9H2,1H3/t10-/m1/s1. The van der Waals surface area contributed by atoms with Gasteiger partial charge in [-0.05, 0) is 32.0 Å². The molecule has 1 aromatic heterocycles. The van der Waals surface area contributed by atoms with Crippen LogP contribution in [-0.4, -0.2) is 43.9 Å². The average molecular weight is 311 g/mol. The van der Waals surface area contributed by atoms with E-state index in [2.05, 4.69) is 10.3 Å². The van der Waals surface area contributed by atoms with Gasteiger partial charge in [-0.2, -0.15) is 4.31 Å². The van der Waals surface area contributed by atoms with E-state index >= 15 is 0 Å². The first-order chi connectivity index (χ1) is 9.61. The van der Waals surface area contributed by atoms with Gasteiger partial charge in [-0.25, -0.2) is 13.4 Å². The fourth-order valence-electron chi connectivity index (χ4n) is 2.47. The summed E-state index contributed by atoms with van der Waals surface area (Å²) in [5.74, 6) is 0. The fraction of sp³-hybridized carbons (Fsp3) is 0.462. The molecule has 20 heavy (non-hydrogen) atoms. The number of para-hydroxylation sites is 1. The number of nitrogens with zero attached hydrogens (tertiary/aromatic N) is 2. The smallest absolute Gasteiger partial charge is 0.270 e. The maximum absolute atomic E-state index is 12.7. The van der Waals surface area contributed by atoms with Crippen molar-refractivity contribution in [1.29, 1.82) is 0 Å². The van der Waals surface area contributed by atoms with Crippen LogP contribution in [0.1, 0.15) is 12.8 Å². The highest BCUT2D eigenvalue weighted by molar-refractivity contribution is 7.91. The second-order valence-corrected chi connectivity index (χ2v) is 8.08. The summed E-state index contributed by atoms with van der Waals surface area (Å²) in [4.78, 5) is 4.28. The van der Waals surface area contributed by atoms with Crippen LogP contribution >= 0.6 is 11.3 Å². The molecule has 1 aromatic carbocycles. The maximum Gasteiger partial charge on any atom is 0.270 e. The lowest BCUT2D eigenvalue weighted by Gasteiger charge is -2.30. The second-order valence-electron chi connectivity index (χ2n) is 4.94. The lowest BCUT2D eigenvalue weighted by atomic mass is 10.1. The zero-order chi connectivity index (χ0) is 14.2. The van der Waals surface area contributed by atoms with Gasteiger partial charge in [0.25, 0.3) is 10.0 Å². The summed E-state index contributed by atoms with van der Waals surface area (Å²) < 4.78 is 28.0. The molecule has 0 amide bonds. The number of likely N-dealkylation sites (N-methyl/N-ethyl adjacent to an activating group) is 1. The van der Waals surface area contributed by atoms with Crippen LogP contribution in [-0.2, 0) is 10.0 Å². The van der Waals surface area contributed by atoms with Crippen molar-refractivity contribution >= 4 is 31.6 Å². The number of piperidine rings is 1. The molecular weight excluding hydrogens is 294 g/mol. The molecule has 1 atom stereocenters. The van der Waals surface area contributed by atoms with Crippen LogP contribution in [0.15, 0.2) is 28.6 Å². The third kappa shape index (κ3) is 2.46. The van der Waals surface area contributed by atoms with E-state index in [-0.39, 0.29) is 10.4 Å². The number of thiazole rings is 1. The molecular formula is C13H17N3O2S2. The first-order valence-corrected chi connectivity index (χ1v) is 8.90. The average Bonchev–Trinajstić information content (AvgIpc) is 2.92. The fourth-order valence-corrected chi connectivity index (χ4v) is 5.35. The third-order valence-electron chi connectivity index (χ3n) is 3.63. The maximum atomic E-state index is 12.7. The molecule has 0 radical (unpaired) electrons. The van der Waals surface area contributed by atoms with Crippen LogP contribution in [0.25, 0.3) is 10.2 Å². The summed E-state index contributed by atoms with van der Waals surface area (Å²) in [6.07, 6.45) is 1.90. The molecule has 1 fully saturated rings. The highest BCUT2D eigenvalue weighted by Crippen LogP contribution is 2.28. The van der Waals surface area contributed by atoms with Crippen LogP contribution in [0.2, 0.25) is 0 Å². The van der Waals surface area contributed by atoms with Crippen LogP contribution < -0.4 is 5.32 Å². The predicted octanol–water partition coefficient (Wildman–Crippen LogP) is 1.67. The highest BCUT2D eigenvalue weighted by atomic mass is 32.2. The summed E-state index contributed by atoms with van der Waals surface area (Å²) >= 11 is 1.25. The van der Waals surface area contributed by atoms with Gasteiger partial charge in [0.05, 0.1) is 10.2 Å². The number of aromatic nitrogens is 1. The SMILES string of the molecule is CN[C@@H]1CCCN(S(=O)(=O)c2nc3ccccc3s2)C1. The van der Waals surface area contributed by atoms with Gasteiger partial charge in [-0.1, -0.05) is 12.1 Å². The van der Waals surface area contributed by atoms with Gasteiger partial charge >= 0.3 is 0 Å². The summed E-state index contributed by atoms with van der Waals surface area (Å²) in [6.45, 7) is 1.10. The van der Waals surface area contributed by atoms with Gasteiger partial charge in [0.1, 0.15) is 0 Å². The van der Waals surface area contributed by atoms with Crippen LogP contribution in [0.5, 0.6) is 0 Å². The Balaban J connectivity index is 1.94. The lowest BCUT2D eigenvalue weighted by molar-refractivity contribution is 0.293. The largest absolute Gasteiger partial charge is 0.316 e. The number of benzene rings is 1. The summed E-state index contributed by atoms with van der Waals surface area (Å²) in [5.41, 5.74) is 0.748. The number of hydrogen-bond acceptors (Lipinski definition) is 5. The van der Waals surface area contributed by atoms with E-state index in [0.29, 0.717) is 13.1 Å². The molecule has 1 saturated heterocycles. The predicted molar refractivity (Wildman–Crippen MR) is 80.5 cm³/mol. The number of nitrogens with one attached hydrogen (secondary N) is 1. The second kappa shape index (κ2) is 5.40. The Morgan fingerprint density at radius 3 is 2.95 bits per heavy atom. The van der Waals surface area contributed by atoms with Gasteiger partial charge in [0.2, 0.25) is 4.34 Å². The minimum atomic E-state index is -3.47. The Bertz CT molecular complexity index is 678. The molecule has 3 rings (SSSR count). The van der Waals surface area contributed by atoms with Crippen molar-refractivity contribution in [3.8, 4) is 0 Å². The molecule has 0 bridgehead atoms. The molecule has 0 unspecified atom stereocenters. The lowest BCUT2D eigenvalue weighted by Crippen LogP contribution is -2.46. The van der Waals surface area contributed by atoms with Crippen molar-refractivity contribution in [1.82, 2.24) is 14.6 Å². The van der Waals surface area contributed by atoms with Crippen molar-refractivity contribution in [3.63, 3.8) is 0 Å². The Morgan fingerprint density at radius 2 is 2.20 bits per heavy atom. The Kier molecular flexibility index (Phi) is 3.76. The van der Waals surface area contributed by atoms with Crippen molar-refractivity contribution in [2.45, 2.75) is 23.2 Å². The van der Waals surface area contributed by atoms with Crippen molar-refractivity contribution < 1.29 is 8.42 Å². The van der Waals surface area contributed by atoms with Crippen LogP contribution in [0.3, 0.4) is 0 Å². The Hall–Kier alpha value is -1.02. The van der Waals surface area contributed by atoms with Gasteiger partial charge in [-0.15, -0.1) is 11.3 Å². The van der Waals surface area contributed by atoms with E-state index in [0.717, 1.165) is 23.1 Å². The third-order valence-corrected chi connectivity index (χ3v) is 6.88. The molecule has 108 valence electrons. The molecule has 2 heterocycles. The van der Waals surface area contributed by atoms with Gasteiger partial charge in [0, 0.05) is 19.1 Å². The zero-order valence-electron chi connectivity index (χ0n) is 11.2. The summed E-state index contributed by atoms with van der Waals surface area (Å²) in [7, 11) is -1.59. The molecule has 1 aliphatic heterocycles. The van der Waals surface area contributed by atoms with E-state index in [1.807, 2.05) is 31.3 Å². The van der Waals surface area contributed by atoms with Crippen LogP contribution in [0, 0.1) is 0 Å². The van der Waals surface area contributed by atoms with Crippen molar-refractivity contribution in [3.05, 3.63) is 24.3 Å². The number of fused-ring (bicyclic) bond motifs is 1. The normalized spacial score (nSPS) is 21.4. The molecule has 0 aliphatic carbocycles. The first-order valence-electron chi connectivity index (χ1n) is 6.64.